The van der Waals surface area contributed by atoms with Gasteiger partial charge in [0.1, 0.15) is 0 Å². The minimum atomic E-state index is -0.0722. The van der Waals surface area contributed by atoms with E-state index in [2.05, 4.69) is 46.6 Å². The van der Waals surface area contributed by atoms with Crippen molar-refractivity contribution >= 4 is 17.4 Å². The van der Waals surface area contributed by atoms with Gasteiger partial charge in [0.2, 0.25) is 0 Å². The highest BCUT2D eigenvalue weighted by Crippen LogP contribution is 2.22. The molecule has 0 bridgehead atoms. The lowest BCUT2D eigenvalue weighted by atomic mass is 10.1. The van der Waals surface area contributed by atoms with Gasteiger partial charge >= 0.3 is 6.03 Å². The highest BCUT2D eigenvalue weighted by Gasteiger charge is 2.24. The molecule has 2 aliphatic heterocycles. The van der Waals surface area contributed by atoms with Gasteiger partial charge in [-0.1, -0.05) is 12.6 Å². The summed E-state index contributed by atoms with van der Waals surface area (Å²) >= 11 is 0. The van der Waals surface area contributed by atoms with Crippen molar-refractivity contribution in [3.8, 4) is 0 Å². The molecule has 1 amide bonds. The van der Waals surface area contributed by atoms with Crippen LogP contribution in [0.15, 0.2) is 42.9 Å². The van der Waals surface area contributed by atoms with E-state index in [0.29, 0.717) is 13.1 Å². The zero-order valence-corrected chi connectivity index (χ0v) is 19.5. The van der Waals surface area contributed by atoms with Crippen LogP contribution in [0.1, 0.15) is 18.1 Å². The van der Waals surface area contributed by atoms with Gasteiger partial charge in [0.15, 0.2) is 0 Å². The number of piperazine rings is 1. The van der Waals surface area contributed by atoms with Crippen LogP contribution >= 0.6 is 0 Å². The van der Waals surface area contributed by atoms with Gasteiger partial charge in [-0.25, -0.2) is 4.79 Å². The second-order valence-corrected chi connectivity index (χ2v) is 8.69. The number of morpholine rings is 1. The molecule has 1 aromatic heterocycles. The average Bonchev–Trinajstić information content (AvgIpc) is 3.30. The van der Waals surface area contributed by atoms with Gasteiger partial charge in [-0.3, -0.25) is 4.90 Å². The van der Waals surface area contributed by atoms with Crippen molar-refractivity contribution in [2.24, 2.45) is 0 Å². The number of ether oxygens (including phenoxy) is 1. The first-order valence-electron chi connectivity index (χ1n) is 11.3. The Labute approximate surface area is 190 Å². The summed E-state index contributed by atoms with van der Waals surface area (Å²) in [5.74, 6) is 0. The number of allylic oxidation sites excluding steroid dienone is 1. The normalized spacial score (nSPS) is 17.5. The molecule has 0 aliphatic carbocycles. The Bertz CT molecular complexity index is 957. The van der Waals surface area contributed by atoms with Gasteiger partial charge < -0.3 is 19.4 Å². The molecule has 8 nitrogen and oxygen atoms in total. The van der Waals surface area contributed by atoms with Crippen LogP contribution in [-0.4, -0.2) is 85.1 Å². The number of anilines is 2. The number of rotatable bonds is 5. The number of hydrogen-bond donors (Lipinski definition) is 0. The van der Waals surface area contributed by atoms with Crippen molar-refractivity contribution in [3.63, 3.8) is 0 Å². The Kier molecular flexibility index (Phi) is 6.81. The first-order valence-corrected chi connectivity index (χ1v) is 11.3. The van der Waals surface area contributed by atoms with E-state index in [4.69, 9.17) is 4.74 Å². The van der Waals surface area contributed by atoms with E-state index in [1.165, 1.54) is 21.5 Å². The molecule has 0 unspecified atom stereocenters. The summed E-state index contributed by atoms with van der Waals surface area (Å²) in [6.45, 7) is 15.6. The first-order chi connectivity index (χ1) is 15.4. The van der Waals surface area contributed by atoms with Crippen molar-refractivity contribution < 1.29 is 9.53 Å². The molecule has 0 radical (unpaired) electrons. The number of nitrogens with zero attached hydrogens (tertiary/aromatic N) is 6. The van der Waals surface area contributed by atoms with Crippen LogP contribution in [0.4, 0.5) is 16.2 Å². The summed E-state index contributed by atoms with van der Waals surface area (Å²) < 4.78 is 6.89. The summed E-state index contributed by atoms with van der Waals surface area (Å²) in [6, 6.07) is 6.70. The van der Waals surface area contributed by atoms with Crippen LogP contribution < -0.4 is 9.80 Å². The van der Waals surface area contributed by atoms with Crippen LogP contribution in [-0.2, 0) is 11.3 Å². The second kappa shape index (κ2) is 9.75. The number of benzene rings is 1. The van der Waals surface area contributed by atoms with Crippen molar-refractivity contribution in [3.05, 3.63) is 54.0 Å². The van der Waals surface area contributed by atoms with Crippen LogP contribution in [0.5, 0.6) is 0 Å². The van der Waals surface area contributed by atoms with Gasteiger partial charge in [-0.05, 0) is 37.1 Å². The smallest absolute Gasteiger partial charge is 0.344 e. The van der Waals surface area contributed by atoms with Crippen LogP contribution in [0.2, 0.25) is 0 Å². The summed E-state index contributed by atoms with van der Waals surface area (Å²) in [5.41, 5.74) is 5.71. The third-order valence-corrected chi connectivity index (χ3v) is 6.46. The van der Waals surface area contributed by atoms with Gasteiger partial charge in [-0.2, -0.15) is 9.78 Å². The maximum atomic E-state index is 12.9. The third kappa shape index (κ3) is 4.97. The Balaban J connectivity index is 1.31. The molecule has 2 aromatic rings. The maximum Gasteiger partial charge on any atom is 0.344 e. The van der Waals surface area contributed by atoms with E-state index in [9.17, 15) is 4.79 Å². The molecule has 2 fully saturated rings. The molecule has 3 heterocycles. The fourth-order valence-electron chi connectivity index (χ4n) is 4.17. The number of amides is 1. The van der Waals surface area contributed by atoms with Gasteiger partial charge in [0.25, 0.3) is 0 Å². The van der Waals surface area contributed by atoms with Gasteiger partial charge in [0, 0.05) is 64.2 Å². The molecule has 2 saturated heterocycles. The molecular formula is C24H34N6O2. The number of hydrogen-bond acceptors (Lipinski definition) is 6. The Hall–Kier alpha value is -2.84. The average molecular weight is 439 g/mol. The van der Waals surface area contributed by atoms with Crippen LogP contribution in [0, 0.1) is 6.92 Å². The minimum absolute atomic E-state index is 0.0722. The molecule has 172 valence electrons. The van der Waals surface area contributed by atoms with Gasteiger partial charge in [0.05, 0.1) is 31.3 Å². The molecule has 4 rings (SSSR count). The quantitative estimate of drug-likeness (QED) is 0.716. The van der Waals surface area contributed by atoms with Crippen molar-refractivity contribution in [2.45, 2.75) is 20.4 Å². The lowest BCUT2D eigenvalue weighted by Crippen LogP contribution is -2.49. The predicted molar refractivity (Wildman–Crippen MR) is 127 cm³/mol. The van der Waals surface area contributed by atoms with Crippen molar-refractivity contribution in [1.29, 1.82) is 0 Å². The fraction of sp³-hybridized carbons (Fsp3) is 0.500. The van der Waals surface area contributed by atoms with E-state index in [1.807, 2.05) is 23.8 Å². The molecule has 0 N–H and O–H groups in total. The monoisotopic (exact) mass is 438 g/mol. The third-order valence-electron chi connectivity index (χ3n) is 6.46. The van der Waals surface area contributed by atoms with E-state index in [1.54, 1.807) is 12.4 Å². The standard InChI is InChI=1S/C24H34N6O2/c1-19(2)26(4)23-16-25-30(18-23)24(31)29-9-7-27(8-10-29)17-21-5-6-22(15-20(21)3)28-11-13-32-14-12-28/h5-6,15-16,18H,1,7-14,17H2,2-4H3. The minimum Gasteiger partial charge on any atom is -0.378 e. The summed E-state index contributed by atoms with van der Waals surface area (Å²) in [6.07, 6.45) is 3.47. The summed E-state index contributed by atoms with van der Waals surface area (Å²) in [4.78, 5) is 21.5. The predicted octanol–water partition coefficient (Wildman–Crippen LogP) is 2.78. The molecule has 1 aromatic carbocycles. The molecule has 0 spiro atoms. The molecule has 0 atom stereocenters. The van der Waals surface area contributed by atoms with Crippen LogP contribution in [0.25, 0.3) is 0 Å². The molecule has 32 heavy (non-hydrogen) atoms. The number of aromatic nitrogens is 2. The maximum absolute atomic E-state index is 12.9. The summed E-state index contributed by atoms with van der Waals surface area (Å²) in [7, 11) is 1.92. The summed E-state index contributed by atoms with van der Waals surface area (Å²) in [5, 5.41) is 4.26. The Morgan fingerprint density at radius 1 is 1.16 bits per heavy atom. The SMILES string of the molecule is C=C(C)N(C)c1cnn(C(=O)N2CCN(Cc3ccc(N4CCOCC4)cc3C)CC2)c1. The Morgan fingerprint density at radius 2 is 1.88 bits per heavy atom. The topological polar surface area (TPSA) is 57.1 Å². The van der Waals surface area contributed by atoms with E-state index < -0.39 is 0 Å². The van der Waals surface area contributed by atoms with Crippen LogP contribution in [0.3, 0.4) is 0 Å². The lowest BCUT2D eigenvalue weighted by molar-refractivity contribution is 0.122. The zero-order chi connectivity index (χ0) is 22.7. The number of carbonyl (C=O) groups excluding carboxylic acids is 1. The second-order valence-electron chi connectivity index (χ2n) is 8.69. The highest BCUT2D eigenvalue weighted by atomic mass is 16.5. The molecule has 0 saturated carbocycles. The van der Waals surface area contributed by atoms with E-state index in [-0.39, 0.29) is 6.03 Å². The van der Waals surface area contributed by atoms with Crippen molar-refractivity contribution in [2.75, 3.05) is 69.3 Å². The van der Waals surface area contributed by atoms with E-state index in [0.717, 1.165) is 57.3 Å². The fourth-order valence-corrected chi connectivity index (χ4v) is 4.17. The number of aryl methyl sites for hydroxylation is 1. The Morgan fingerprint density at radius 3 is 2.53 bits per heavy atom. The first kappa shape index (κ1) is 22.4. The molecule has 2 aliphatic rings. The lowest BCUT2D eigenvalue weighted by Gasteiger charge is -2.35. The molecule has 8 heteroatoms. The number of carbonyl (C=O) groups is 1. The molecular weight excluding hydrogens is 404 g/mol. The van der Waals surface area contributed by atoms with E-state index >= 15 is 0 Å². The van der Waals surface area contributed by atoms with Crippen molar-refractivity contribution in [1.82, 2.24) is 19.6 Å². The zero-order valence-electron chi connectivity index (χ0n) is 19.5. The largest absolute Gasteiger partial charge is 0.378 e. The van der Waals surface area contributed by atoms with Gasteiger partial charge in [-0.15, -0.1) is 0 Å². The highest BCUT2D eigenvalue weighted by molar-refractivity contribution is 5.77.